The summed E-state index contributed by atoms with van der Waals surface area (Å²) in [5.41, 5.74) is 2.87. The fourth-order valence-corrected chi connectivity index (χ4v) is 1.54. The average Bonchev–Trinajstić information content (AvgIpc) is 2.47. The number of aryl methyl sites for hydroxylation is 1. The van der Waals surface area contributed by atoms with Gasteiger partial charge in [-0.15, -0.1) is 0 Å². The SMILES string of the molecule is CC(=O)Cc1cn2c(C)cccc2n1. The number of nitrogens with zero attached hydrogens (tertiary/aromatic N) is 2. The van der Waals surface area contributed by atoms with Crippen molar-refractivity contribution in [3.63, 3.8) is 0 Å². The molecule has 72 valence electrons. The lowest BCUT2D eigenvalue weighted by molar-refractivity contribution is -0.116. The molecule has 0 saturated carbocycles. The van der Waals surface area contributed by atoms with Crippen molar-refractivity contribution in [2.75, 3.05) is 0 Å². The van der Waals surface area contributed by atoms with E-state index in [9.17, 15) is 4.79 Å². The van der Waals surface area contributed by atoms with Crippen LogP contribution in [-0.4, -0.2) is 15.2 Å². The number of carbonyl (C=O) groups excluding carboxylic acids is 1. The van der Waals surface area contributed by atoms with Crippen LogP contribution in [0, 0.1) is 6.92 Å². The lowest BCUT2D eigenvalue weighted by Crippen LogP contribution is -1.95. The third kappa shape index (κ3) is 1.53. The van der Waals surface area contributed by atoms with E-state index < -0.39 is 0 Å². The van der Waals surface area contributed by atoms with Crippen LogP contribution in [0.2, 0.25) is 0 Å². The zero-order valence-electron chi connectivity index (χ0n) is 8.32. The highest BCUT2D eigenvalue weighted by molar-refractivity contribution is 5.77. The van der Waals surface area contributed by atoms with Gasteiger partial charge in [-0.1, -0.05) is 6.07 Å². The second-order valence-electron chi connectivity index (χ2n) is 3.51. The minimum atomic E-state index is 0.144. The van der Waals surface area contributed by atoms with Crippen molar-refractivity contribution in [1.82, 2.24) is 9.38 Å². The number of hydrogen-bond donors (Lipinski definition) is 0. The van der Waals surface area contributed by atoms with Crippen molar-refractivity contribution in [3.8, 4) is 0 Å². The topological polar surface area (TPSA) is 34.4 Å². The number of rotatable bonds is 2. The number of carbonyl (C=O) groups is 1. The zero-order chi connectivity index (χ0) is 10.1. The van der Waals surface area contributed by atoms with Gasteiger partial charge < -0.3 is 4.40 Å². The Kier molecular flexibility index (Phi) is 2.08. The van der Waals surface area contributed by atoms with Gasteiger partial charge in [0.25, 0.3) is 0 Å². The number of imidazole rings is 1. The Hall–Kier alpha value is -1.64. The van der Waals surface area contributed by atoms with Gasteiger partial charge in [0.05, 0.1) is 5.69 Å². The van der Waals surface area contributed by atoms with Crippen molar-refractivity contribution in [1.29, 1.82) is 0 Å². The summed E-state index contributed by atoms with van der Waals surface area (Å²) in [4.78, 5) is 15.3. The summed E-state index contributed by atoms with van der Waals surface area (Å²) in [5, 5.41) is 0. The first-order chi connectivity index (χ1) is 6.66. The fourth-order valence-electron chi connectivity index (χ4n) is 1.54. The number of fused-ring (bicyclic) bond motifs is 1. The molecular weight excluding hydrogens is 176 g/mol. The standard InChI is InChI=1S/C11H12N2O/c1-8-4-3-5-11-12-10(6-9(2)14)7-13(8)11/h3-5,7H,6H2,1-2H3. The summed E-state index contributed by atoms with van der Waals surface area (Å²) >= 11 is 0. The van der Waals surface area contributed by atoms with Crippen LogP contribution in [0.15, 0.2) is 24.4 Å². The summed E-state index contributed by atoms with van der Waals surface area (Å²) in [6, 6.07) is 5.93. The Labute approximate surface area is 82.4 Å². The average molecular weight is 188 g/mol. The van der Waals surface area contributed by atoms with Gasteiger partial charge in [-0.25, -0.2) is 4.98 Å². The van der Waals surface area contributed by atoms with Gasteiger partial charge in [0.2, 0.25) is 0 Å². The number of Topliss-reactive ketones (excluding diaryl/α,β-unsaturated/α-hetero) is 1. The molecule has 0 N–H and O–H groups in total. The third-order valence-corrected chi connectivity index (χ3v) is 2.18. The first-order valence-corrected chi connectivity index (χ1v) is 4.60. The molecule has 0 saturated heterocycles. The molecule has 0 spiro atoms. The summed E-state index contributed by atoms with van der Waals surface area (Å²) < 4.78 is 2.00. The predicted molar refractivity (Wildman–Crippen MR) is 54.3 cm³/mol. The highest BCUT2D eigenvalue weighted by Crippen LogP contribution is 2.08. The number of hydrogen-bond acceptors (Lipinski definition) is 2. The van der Waals surface area contributed by atoms with Crippen LogP contribution >= 0.6 is 0 Å². The summed E-state index contributed by atoms with van der Waals surface area (Å²) in [6.07, 6.45) is 2.34. The van der Waals surface area contributed by atoms with Gasteiger partial charge in [0.1, 0.15) is 11.4 Å². The van der Waals surface area contributed by atoms with E-state index in [-0.39, 0.29) is 5.78 Å². The summed E-state index contributed by atoms with van der Waals surface area (Å²) in [6.45, 7) is 3.60. The molecule has 0 radical (unpaired) electrons. The molecule has 0 amide bonds. The van der Waals surface area contributed by atoms with Crippen molar-refractivity contribution in [2.45, 2.75) is 20.3 Å². The lowest BCUT2D eigenvalue weighted by Gasteiger charge is -1.95. The third-order valence-electron chi connectivity index (χ3n) is 2.18. The molecule has 2 aromatic rings. The maximum atomic E-state index is 10.9. The molecule has 0 unspecified atom stereocenters. The molecule has 3 heteroatoms. The number of pyridine rings is 1. The summed E-state index contributed by atoms with van der Waals surface area (Å²) in [5.74, 6) is 0.144. The van der Waals surface area contributed by atoms with Gasteiger partial charge in [0, 0.05) is 18.3 Å². The fraction of sp³-hybridized carbons (Fsp3) is 0.273. The molecule has 2 aromatic heterocycles. The maximum Gasteiger partial charge on any atom is 0.137 e. The van der Waals surface area contributed by atoms with Gasteiger partial charge in [-0.2, -0.15) is 0 Å². The van der Waals surface area contributed by atoms with Crippen LogP contribution in [0.5, 0.6) is 0 Å². The Morgan fingerprint density at radius 2 is 2.29 bits per heavy atom. The van der Waals surface area contributed by atoms with Gasteiger partial charge in [-0.05, 0) is 26.0 Å². The highest BCUT2D eigenvalue weighted by atomic mass is 16.1. The number of ketones is 1. The highest BCUT2D eigenvalue weighted by Gasteiger charge is 2.04. The molecular formula is C11H12N2O. The molecule has 2 heterocycles. The Bertz CT molecular complexity index is 485. The molecule has 0 aliphatic carbocycles. The minimum Gasteiger partial charge on any atom is -0.304 e. The van der Waals surface area contributed by atoms with Gasteiger partial charge in [0.15, 0.2) is 0 Å². The monoisotopic (exact) mass is 188 g/mol. The molecule has 0 aromatic carbocycles. The second kappa shape index (κ2) is 3.25. The molecule has 3 nitrogen and oxygen atoms in total. The van der Waals surface area contributed by atoms with Crippen LogP contribution in [0.3, 0.4) is 0 Å². The molecule has 0 bridgehead atoms. The van der Waals surface area contributed by atoms with E-state index in [0.717, 1.165) is 17.0 Å². The molecule has 0 fully saturated rings. The molecule has 0 atom stereocenters. The Balaban J connectivity index is 2.51. The molecule has 0 aliphatic heterocycles. The zero-order valence-corrected chi connectivity index (χ0v) is 8.32. The van der Waals surface area contributed by atoms with Crippen molar-refractivity contribution >= 4 is 11.4 Å². The predicted octanol–water partition coefficient (Wildman–Crippen LogP) is 1.77. The summed E-state index contributed by atoms with van der Waals surface area (Å²) in [7, 11) is 0. The molecule has 0 aliphatic rings. The smallest absolute Gasteiger partial charge is 0.137 e. The van der Waals surface area contributed by atoms with E-state index in [2.05, 4.69) is 4.98 Å². The van der Waals surface area contributed by atoms with E-state index in [0.29, 0.717) is 6.42 Å². The first-order valence-electron chi connectivity index (χ1n) is 4.60. The van der Waals surface area contributed by atoms with Crippen LogP contribution in [0.1, 0.15) is 18.3 Å². The van der Waals surface area contributed by atoms with Crippen LogP contribution < -0.4 is 0 Å². The lowest BCUT2D eigenvalue weighted by atomic mass is 10.2. The quantitative estimate of drug-likeness (QED) is 0.719. The van der Waals surface area contributed by atoms with E-state index in [1.54, 1.807) is 6.92 Å². The van der Waals surface area contributed by atoms with Gasteiger partial charge >= 0.3 is 0 Å². The molecule has 14 heavy (non-hydrogen) atoms. The van der Waals surface area contributed by atoms with Crippen molar-refractivity contribution < 1.29 is 4.79 Å². The number of aromatic nitrogens is 2. The maximum absolute atomic E-state index is 10.9. The van der Waals surface area contributed by atoms with E-state index in [1.165, 1.54) is 0 Å². The minimum absolute atomic E-state index is 0.144. The van der Waals surface area contributed by atoms with Gasteiger partial charge in [-0.3, -0.25) is 4.79 Å². The largest absolute Gasteiger partial charge is 0.304 e. The molecule has 2 rings (SSSR count). The second-order valence-corrected chi connectivity index (χ2v) is 3.51. The van der Waals surface area contributed by atoms with E-state index in [1.807, 2.05) is 35.7 Å². The first kappa shape index (κ1) is 8.94. The van der Waals surface area contributed by atoms with E-state index >= 15 is 0 Å². The van der Waals surface area contributed by atoms with Crippen LogP contribution in [0.25, 0.3) is 5.65 Å². The Morgan fingerprint density at radius 1 is 1.50 bits per heavy atom. The normalized spacial score (nSPS) is 10.7. The van der Waals surface area contributed by atoms with Crippen LogP contribution in [0.4, 0.5) is 0 Å². The van der Waals surface area contributed by atoms with Crippen LogP contribution in [-0.2, 0) is 11.2 Å². The van der Waals surface area contributed by atoms with Crippen molar-refractivity contribution in [3.05, 3.63) is 35.8 Å². The van der Waals surface area contributed by atoms with Crippen molar-refractivity contribution in [2.24, 2.45) is 0 Å². The van der Waals surface area contributed by atoms with E-state index in [4.69, 9.17) is 0 Å². The Morgan fingerprint density at radius 3 is 2.93 bits per heavy atom.